The van der Waals surface area contributed by atoms with Crippen LogP contribution >= 0.6 is 0 Å². The predicted molar refractivity (Wildman–Crippen MR) is 241 cm³/mol. The van der Waals surface area contributed by atoms with Crippen molar-refractivity contribution in [2.45, 2.75) is 45.8 Å². The number of para-hydroxylation sites is 4. The van der Waals surface area contributed by atoms with Gasteiger partial charge in [-0.25, -0.2) is 4.98 Å². The molecule has 0 aliphatic carbocycles. The van der Waals surface area contributed by atoms with Crippen LogP contribution in [0.3, 0.4) is 0 Å². The second-order valence-electron chi connectivity index (χ2n) is 16.8. The molecule has 0 N–H and O–H groups in total. The van der Waals surface area contributed by atoms with E-state index < -0.39 is 0 Å². The van der Waals surface area contributed by atoms with Gasteiger partial charge in [0.05, 0.1) is 29.9 Å². The average Bonchev–Trinajstić information content (AvgIpc) is 4.00. The molecule has 0 bridgehead atoms. The molecule has 6 heteroatoms. The van der Waals surface area contributed by atoms with E-state index in [0.717, 1.165) is 78.0 Å². The fourth-order valence-electron chi connectivity index (χ4n) is 8.81. The van der Waals surface area contributed by atoms with Crippen LogP contribution in [-0.4, -0.2) is 14.1 Å². The molecular formula is C55H42N4OPt-2. The Balaban J connectivity index is 0.00000445. The Kier molecular flexibility index (Phi) is 9.90. The molecule has 0 saturated carbocycles. The summed E-state index contributed by atoms with van der Waals surface area (Å²) in [6.45, 7) is 8.04. The number of pyridine rings is 1. The largest absolute Gasteiger partial charge is 0.372 e. The van der Waals surface area contributed by atoms with E-state index in [0.29, 0.717) is 19.6 Å². The van der Waals surface area contributed by atoms with Gasteiger partial charge in [0.25, 0.3) is 6.33 Å². The second kappa shape index (κ2) is 15.6. The fourth-order valence-corrected chi connectivity index (χ4v) is 8.81. The van der Waals surface area contributed by atoms with Gasteiger partial charge in [-0.1, -0.05) is 142 Å². The van der Waals surface area contributed by atoms with Gasteiger partial charge in [0.1, 0.15) is 5.82 Å². The Hall–Kier alpha value is -6.39. The first kappa shape index (κ1) is 38.8. The van der Waals surface area contributed by atoms with Crippen molar-refractivity contribution >= 4 is 32.8 Å². The van der Waals surface area contributed by atoms with Crippen molar-refractivity contribution in [1.82, 2.24) is 14.1 Å². The molecule has 0 saturated heterocycles. The van der Waals surface area contributed by atoms with Crippen molar-refractivity contribution < 1.29 is 30.4 Å². The van der Waals surface area contributed by atoms with E-state index >= 15 is 0 Å². The SMILES string of the molecule is CC(C)(C)c1cccc(-c2cccc(-c3ccccc3)c2-[n+]2[c-]n(-c3[c-]c(Cc4[c-]c5c(cc4)c4ccccc4n5-c4cc5c(cn4)COC5)ccc3)c3ccccc32)c1.[Pt]. The second-order valence-corrected chi connectivity index (χ2v) is 16.8. The van der Waals surface area contributed by atoms with Crippen molar-refractivity contribution in [1.29, 1.82) is 0 Å². The minimum Gasteiger partial charge on any atom is -0.372 e. The third kappa shape index (κ3) is 6.92. The number of fused-ring (bicyclic) bond motifs is 5. The number of benzene rings is 7. The normalized spacial score (nSPS) is 12.6. The maximum Gasteiger partial charge on any atom is 0.268 e. The number of nitrogens with zero attached hydrogens (tertiary/aromatic N) is 4. The maximum absolute atomic E-state index is 5.73. The molecule has 0 radical (unpaired) electrons. The van der Waals surface area contributed by atoms with E-state index in [4.69, 9.17) is 9.72 Å². The van der Waals surface area contributed by atoms with Crippen LogP contribution in [0.2, 0.25) is 0 Å². The van der Waals surface area contributed by atoms with Crippen molar-refractivity contribution in [3.05, 3.63) is 210 Å². The monoisotopic (exact) mass is 969 g/mol. The van der Waals surface area contributed by atoms with Gasteiger partial charge >= 0.3 is 0 Å². The summed E-state index contributed by atoms with van der Waals surface area (Å²) >= 11 is 0. The molecule has 3 aromatic heterocycles. The van der Waals surface area contributed by atoms with E-state index in [9.17, 15) is 0 Å². The molecule has 0 atom stereocenters. The topological polar surface area (TPSA) is 35.9 Å². The number of hydrogen-bond donors (Lipinski definition) is 0. The van der Waals surface area contributed by atoms with Crippen LogP contribution in [-0.2, 0) is 50.9 Å². The van der Waals surface area contributed by atoms with Gasteiger partial charge < -0.3 is 13.9 Å². The number of aromatic nitrogens is 4. The Labute approximate surface area is 370 Å². The van der Waals surface area contributed by atoms with E-state index in [1.54, 1.807) is 0 Å². The average molecular weight is 970 g/mol. The number of imidazole rings is 1. The first-order valence-electron chi connectivity index (χ1n) is 20.6. The standard InChI is InChI=1S/C55H42N4O.Pt/c1-55(2,3)43-18-12-17-40(31-43)46-22-13-21-45(39-15-5-4-6-16-39)54(46)58-36-57(50-24-9-10-25-51(50)58)44-19-11-14-37(29-44)28-38-26-27-48-47-20-7-8-23-49(47)59(52(48)30-38)53-32-41-34-60-35-42(41)33-56-53;/h4-27,31-33H,28,34-35H2,1-3H3;/q-2;. The fraction of sp³-hybridized carbons (Fsp3) is 0.127. The summed E-state index contributed by atoms with van der Waals surface area (Å²) in [4.78, 5) is 4.91. The zero-order chi connectivity index (χ0) is 40.4. The van der Waals surface area contributed by atoms with Crippen LogP contribution in [0.4, 0.5) is 0 Å². The minimum absolute atomic E-state index is 0. The molecular weight excluding hydrogens is 928 g/mol. The summed E-state index contributed by atoms with van der Waals surface area (Å²) in [5, 5.41) is 2.34. The molecule has 5 nitrogen and oxygen atoms in total. The molecule has 4 heterocycles. The Morgan fingerprint density at radius 2 is 1.34 bits per heavy atom. The van der Waals surface area contributed by atoms with E-state index in [2.05, 4.69) is 211 Å². The van der Waals surface area contributed by atoms with Crippen LogP contribution < -0.4 is 4.57 Å². The van der Waals surface area contributed by atoms with Gasteiger partial charge in [-0.15, -0.1) is 5.39 Å². The van der Waals surface area contributed by atoms with Gasteiger partial charge in [-0.3, -0.25) is 4.57 Å². The number of ether oxygens (including phenoxy) is 1. The molecule has 0 amide bonds. The molecule has 61 heavy (non-hydrogen) atoms. The van der Waals surface area contributed by atoms with Crippen molar-refractivity contribution in [2.24, 2.45) is 0 Å². The molecule has 0 unspecified atom stereocenters. The van der Waals surface area contributed by atoms with Gasteiger partial charge in [-0.2, -0.15) is 53.6 Å². The molecule has 11 rings (SSSR count). The van der Waals surface area contributed by atoms with Crippen LogP contribution in [0, 0.1) is 18.5 Å². The van der Waals surface area contributed by atoms with Gasteiger partial charge in [-0.05, 0) is 68.4 Å². The van der Waals surface area contributed by atoms with Crippen LogP contribution in [0.5, 0.6) is 0 Å². The van der Waals surface area contributed by atoms with E-state index in [1.807, 2.05) is 6.20 Å². The molecule has 1 aliphatic rings. The Morgan fingerprint density at radius 3 is 2.20 bits per heavy atom. The molecule has 300 valence electrons. The van der Waals surface area contributed by atoms with Crippen molar-refractivity contribution in [3.63, 3.8) is 0 Å². The minimum atomic E-state index is 0. The quantitative estimate of drug-likeness (QED) is 0.118. The summed E-state index contributed by atoms with van der Waals surface area (Å²) in [5.74, 6) is 0.884. The summed E-state index contributed by atoms with van der Waals surface area (Å²) in [7, 11) is 0. The number of hydrogen-bond acceptors (Lipinski definition) is 2. The molecule has 1 aliphatic heterocycles. The summed E-state index contributed by atoms with van der Waals surface area (Å²) in [6, 6.07) is 64.0. The number of rotatable bonds is 7. The summed E-state index contributed by atoms with van der Waals surface area (Å²) in [5.41, 5.74) is 16.7. The van der Waals surface area contributed by atoms with Gasteiger partial charge in [0, 0.05) is 38.3 Å². The van der Waals surface area contributed by atoms with Crippen LogP contribution in [0.15, 0.2) is 164 Å². The van der Waals surface area contributed by atoms with E-state index in [1.165, 1.54) is 22.1 Å². The predicted octanol–water partition coefficient (Wildman–Crippen LogP) is 12.0. The summed E-state index contributed by atoms with van der Waals surface area (Å²) < 4.78 is 12.4. The molecule has 0 spiro atoms. The van der Waals surface area contributed by atoms with Crippen molar-refractivity contribution in [2.75, 3.05) is 0 Å². The third-order valence-corrected chi connectivity index (χ3v) is 11.9. The Morgan fingerprint density at radius 1 is 0.639 bits per heavy atom. The van der Waals surface area contributed by atoms with E-state index in [-0.39, 0.29) is 26.5 Å². The van der Waals surface area contributed by atoms with Crippen LogP contribution in [0.25, 0.3) is 72.3 Å². The molecule has 10 aromatic rings. The third-order valence-electron chi connectivity index (χ3n) is 11.9. The molecule has 0 fully saturated rings. The van der Waals surface area contributed by atoms with Crippen molar-refractivity contribution in [3.8, 4) is 39.4 Å². The zero-order valence-electron chi connectivity index (χ0n) is 34.2. The zero-order valence-corrected chi connectivity index (χ0v) is 36.5. The first-order chi connectivity index (χ1) is 29.4. The Bertz CT molecular complexity index is 3260. The summed E-state index contributed by atoms with van der Waals surface area (Å²) in [6.07, 6.45) is 6.46. The molecule has 7 aromatic carbocycles. The maximum atomic E-state index is 5.73. The van der Waals surface area contributed by atoms with Gasteiger partial charge in [0.2, 0.25) is 0 Å². The smallest absolute Gasteiger partial charge is 0.268 e. The van der Waals surface area contributed by atoms with Gasteiger partial charge in [0.15, 0.2) is 0 Å². The first-order valence-corrected chi connectivity index (χ1v) is 20.6. The van der Waals surface area contributed by atoms with Crippen LogP contribution in [0.1, 0.15) is 48.6 Å².